The third-order valence-corrected chi connectivity index (χ3v) is 3.59. The van der Waals surface area contributed by atoms with Gasteiger partial charge in [-0.3, -0.25) is 4.79 Å². The number of carbonyl (C=O) groups is 1. The molecule has 106 valence electrons. The Labute approximate surface area is 106 Å². The lowest BCUT2D eigenvalue weighted by Crippen LogP contribution is -2.51. The third-order valence-electron chi connectivity index (χ3n) is 3.59. The highest BCUT2D eigenvalue weighted by Gasteiger charge is 2.55. The lowest BCUT2D eigenvalue weighted by Gasteiger charge is -2.36. The Hall–Kier alpha value is -0.780. The molecule has 0 aromatic carbocycles. The lowest BCUT2D eigenvalue weighted by atomic mass is 9.88. The Kier molecular flexibility index (Phi) is 4.64. The SMILES string of the molecule is CCCNCC(=O)N1CCC(C(F)(F)F)C1(C)C. The summed E-state index contributed by atoms with van der Waals surface area (Å²) >= 11 is 0. The van der Waals surface area contributed by atoms with E-state index in [1.54, 1.807) is 0 Å². The third kappa shape index (κ3) is 3.16. The number of carbonyl (C=O) groups excluding carboxylic acids is 1. The molecule has 1 atom stereocenters. The van der Waals surface area contributed by atoms with Crippen molar-refractivity contribution in [2.75, 3.05) is 19.6 Å². The fourth-order valence-corrected chi connectivity index (χ4v) is 2.57. The molecule has 0 saturated carbocycles. The van der Waals surface area contributed by atoms with Crippen molar-refractivity contribution < 1.29 is 18.0 Å². The van der Waals surface area contributed by atoms with Crippen LogP contribution in [0.25, 0.3) is 0 Å². The molecule has 1 saturated heterocycles. The zero-order valence-corrected chi connectivity index (χ0v) is 11.1. The fraction of sp³-hybridized carbons (Fsp3) is 0.917. The van der Waals surface area contributed by atoms with Crippen molar-refractivity contribution >= 4 is 5.91 Å². The number of amides is 1. The van der Waals surface area contributed by atoms with E-state index in [0.717, 1.165) is 6.42 Å². The van der Waals surface area contributed by atoms with Crippen LogP contribution in [0, 0.1) is 5.92 Å². The van der Waals surface area contributed by atoms with Crippen LogP contribution in [0.3, 0.4) is 0 Å². The molecule has 1 amide bonds. The van der Waals surface area contributed by atoms with E-state index in [0.29, 0.717) is 6.54 Å². The Morgan fingerprint density at radius 3 is 2.50 bits per heavy atom. The lowest BCUT2D eigenvalue weighted by molar-refractivity contribution is -0.192. The van der Waals surface area contributed by atoms with Crippen molar-refractivity contribution in [3.63, 3.8) is 0 Å². The molecular formula is C12H21F3N2O. The van der Waals surface area contributed by atoms with Crippen LogP contribution < -0.4 is 5.32 Å². The largest absolute Gasteiger partial charge is 0.394 e. The highest BCUT2D eigenvalue weighted by molar-refractivity contribution is 5.79. The molecule has 1 aliphatic heterocycles. The highest BCUT2D eigenvalue weighted by atomic mass is 19.4. The summed E-state index contributed by atoms with van der Waals surface area (Å²) < 4.78 is 38.5. The van der Waals surface area contributed by atoms with Gasteiger partial charge in [0.05, 0.1) is 12.5 Å². The first-order valence-electron chi connectivity index (χ1n) is 6.29. The van der Waals surface area contributed by atoms with E-state index >= 15 is 0 Å². The van der Waals surface area contributed by atoms with Gasteiger partial charge >= 0.3 is 6.18 Å². The van der Waals surface area contributed by atoms with Gasteiger partial charge in [0.2, 0.25) is 5.91 Å². The van der Waals surface area contributed by atoms with E-state index in [-0.39, 0.29) is 25.4 Å². The molecule has 0 bridgehead atoms. The van der Waals surface area contributed by atoms with Crippen LogP contribution in [0.5, 0.6) is 0 Å². The summed E-state index contributed by atoms with van der Waals surface area (Å²) in [4.78, 5) is 13.3. The highest BCUT2D eigenvalue weighted by Crippen LogP contribution is 2.44. The summed E-state index contributed by atoms with van der Waals surface area (Å²) in [5.41, 5.74) is -1.15. The monoisotopic (exact) mass is 266 g/mol. The van der Waals surface area contributed by atoms with Gasteiger partial charge < -0.3 is 10.2 Å². The maximum atomic E-state index is 12.8. The van der Waals surface area contributed by atoms with Crippen LogP contribution >= 0.6 is 0 Å². The molecular weight excluding hydrogens is 245 g/mol. The van der Waals surface area contributed by atoms with Gasteiger partial charge in [-0.2, -0.15) is 13.2 Å². The van der Waals surface area contributed by atoms with Gasteiger partial charge in [0, 0.05) is 12.1 Å². The summed E-state index contributed by atoms with van der Waals surface area (Å²) in [6, 6.07) is 0. The van der Waals surface area contributed by atoms with E-state index in [1.165, 1.54) is 18.7 Å². The van der Waals surface area contributed by atoms with Gasteiger partial charge in [-0.15, -0.1) is 0 Å². The molecule has 1 N–H and O–H groups in total. The minimum Gasteiger partial charge on any atom is -0.336 e. The average molecular weight is 266 g/mol. The van der Waals surface area contributed by atoms with Gasteiger partial charge in [0.1, 0.15) is 0 Å². The van der Waals surface area contributed by atoms with Crippen LogP contribution in [0.15, 0.2) is 0 Å². The number of nitrogens with one attached hydrogen (secondary N) is 1. The second-order valence-electron chi connectivity index (χ2n) is 5.26. The molecule has 1 aliphatic rings. The van der Waals surface area contributed by atoms with Crippen LogP contribution in [-0.4, -0.2) is 42.2 Å². The second-order valence-corrected chi connectivity index (χ2v) is 5.26. The van der Waals surface area contributed by atoms with Crippen molar-refractivity contribution in [1.82, 2.24) is 10.2 Å². The van der Waals surface area contributed by atoms with Gasteiger partial charge in [-0.1, -0.05) is 6.92 Å². The van der Waals surface area contributed by atoms with Gasteiger partial charge in [-0.25, -0.2) is 0 Å². The summed E-state index contributed by atoms with van der Waals surface area (Å²) in [7, 11) is 0. The molecule has 1 heterocycles. The van der Waals surface area contributed by atoms with Crippen molar-refractivity contribution in [2.45, 2.75) is 45.3 Å². The molecule has 6 heteroatoms. The Morgan fingerprint density at radius 2 is 2.06 bits per heavy atom. The van der Waals surface area contributed by atoms with Crippen LogP contribution in [0.1, 0.15) is 33.6 Å². The molecule has 3 nitrogen and oxygen atoms in total. The molecule has 18 heavy (non-hydrogen) atoms. The molecule has 0 spiro atoms. The molecule has 0 radical (unpaired) electrons. The van der Waals surface area contributed by atoms with Gasteiger partial charge in [0.15, 0.2) is 0 Å². The van der Waals surface area contributed by atoms with E-state index in [9.17, 15) is 18.0 Å². The predicted molar refractivity (Wildman–Crippen MR) is 63.1 cm³/mol. The first-order chi connectivity index (χ1) is 8.21. The van der Waals surface area contributed by atoms with E-state index < -0.39 is 17.6 Å². The number of likely N-dealkylation sites (tertiary alicyclic amines) is 1. The van der Waals surface area contributed by atoms with E-state index in [1.807, 2.05) is 6.92 Å². The van der Waals surface area contributed by atoms with Crippen LogP contribution in [0.2, 0.25) is 0 Å². The molecule has 1 unspecified atom stereocenters. The maximum Gasteiger partial charge on any atom is 0.394 e. The molecule has 1 fully saturated rings. The average Bonchev–Trinajstić information content (AvgIpc) is 2.53. The molecule has 0 aromatic heterocycles. The smallest absolute Gasteiger partial charge is 0.336 e. The van der Waals surface area contributed by atoms with Crippen LogP contribution in [0.4, 0.5) is 13.2 Å². The van der Waals surface area contributed by atoms with E-state index in [4.69, 9.17) is 0 Å². The maximum absolute atomic E-state index is 12.8. The zero-order valence-electron chi connectivity index (χ0n) is 11.1. The van der Waals surface area contributed by atoms with Gasteiger partial charge in [0.25, 0.3) is 0 Å². The molecule has 0 aromatic rings. The normalized spacial score (nSPS) is 23.4. The number of nitrogens with zero attached hydrogens (tertiary/aromatic N) is 1. The number of rotatable bonds is 4. The van der Waals surface area contributed by atoms with Crippen molar-refractivity contribution in [1.29, 1.82) is 0 Å². The number of halogens is 3. The Balaban J connectivity index is 2.66. The summed E-state index contributed by atoms with van der Waals surface area (Å²) in [6.07, 6.45) is -3.35. The molecule has 0 aliphatic carbocycles. The zero-order chi connectivity index (χ0) is 14.0. The first kappa shape index (κ1) is 15.3. The van der Waals surface area contributed by atoms with Crippen LogP contribution in [-0.2, 0) is 4.79 Å². The van der Waals surface area contributed by atoms with Crippen molar-refractivity contribution in [3.8, 4) is 0 Å². The van der Waals surface area contributed by atoms with E-state index in [2.05, 4.69) is 5.32 Å². The van der Waals surface area contributed by atoms with Crippen molar-refractivity contribution in [3.05, 3.63) is 0 Å². The standard InChI is InChI=1S/C12H21F3N2O/c1-4-6-16-8-10(18)17-7-5-9(11(17,2)3)12(13,14)15/h9,16H,4-8H2,1-3H3. The topological polar surface area (TPSA) is 32.3 Å². The van der Waals surface area contributed by atoms with Gasteiger partial charge in [-0.05, 0) is 33.2 Å². The van der Waals surface area contributed by atoms with Crippen molar-refractivity contribution in [2.24, 2.45) is 5.92 Å². The number of hydrogen-bond donors (Lipinski definition) is 1. The minimum absolute atomic E-state index is 0.00395. The fourth-order valence-electron chi connectivity index (χ4n) is 2.57. The quantitative estimate of drug-likeness (QED) is 0.791. The summed E-state index contributed by atoms with van der Waals surface area (Å²) in [5, 5.41) is 2.93. The predicted octanol–water partition coefficient (Wildman–Crippen LogP) is 2.18. The molecule has 1 rings (SSSR count). The summed E-state index contributed by atoms with van der Waals surface area (Å²) in [5.74, 6) is -1.68. The second kappa shape index (κ2) is 5.47. The minimum atomic E-state index is -4.24. The number of alkyl halides is 3. The Bertz CT molecular complexity index is 302. The summed E-state index contributed by atoms with van der Waals surface area (Å²) in [6.45, 7) is 5.96. The number of hydrogen-bond acceptors (Lipinski definition) is 2. The Morgan fingerprint density at radius 1 is 1.44 bits per heavy atom. The first-order valence-corrected chi connectivity index (χ1v) is 6.29.